The molecular weight excluding hydrogens is 459 g/mol. The number of anilines is 1. The molecule has 0 aliphatic rings. The maximum Gasteiger partial charge on any atom is 0.252 e. The minimum absolute atomic E-state index is 0.161. The Kier molecular flexibility index (Phi) is 6.89. The number of benzene rings is 2. The number of rotatable bonds is 6. The molecule has 8 heteroatoms. The van der Waals surface area contributed by atoms with Crippen molar-refractivity contribution < 1.29 is 19.1 Å². The van der Waals surface area contributed by atoms with E-state index in [1.54, 1.807) is 36.4 Å². The molecule has 0 fully saturated rings. The predicted octanol–water partition coefficient (Wildman–Crippen LogP) is 3.33. The van der Waals surface area contributed by atoms with Gasteiger partial charge in [0.15, 0.2) is 11.5 Å². The molecule has 0 radical (unpaired) electrons. The number of amides is 2. The van der Waals surface area contributed by atoms with Gasteiger partial charge in [-0.05, 0) is 59.0 Å². The Hall–Kier alpha value is -2.00. The van der Waals surface area contributed by atoms with Crippen molar-refractivity contribution in [1.29, 1.82) is 0 Å². The van der Waals surface area contributed by atoms with Gasteiger partial charge in [0, 0.05) is 14.3 Å². The van der Waals surface area contributed by atoms with Gasteiger partial charge in [0.25, 0.3) is 5.91 Å². The van der Waals surface area contributed by atoms with Crippen molar-refractivity contribution in [3.05, 3.63) is 50.6 Å². The number of carbonyl (C=O) groups excluding carboxylic acids is 2. The van der Waals surface area contributed by atoms with Crippen LogP contribution in [0, 0.1) is 3.57 Å². The van der Waals surface area contributed by atoms with Gasteiger partial charge in [-0.15, -0.1) is 0 Å². The number of methoxy groups -OCH3 is 2. The standard InChI is InChI=1S/C17H16ClIN2O4/c1-24-14-7-12(13(19)8-15(14)25-2)17(23)20-9-16(22)21-11-5-3-10(18)4-6-11/h3-8H,9H2,1-2H3,(H,20,23)(H,21,22). The molecule has 0 heterocycles. The maximum atomic E-state index is 12.3. The predicted molar refractivity (Wildman–Crippen MR) is 105 cm³/mol. The lowest BCUT2D eigenvalue weighted by molar-refractivity contribution is -0.115. The van der Waals surface area contributed by atoms with Gasteiger partial charge in [-0.3, -0.25) is 9.59 Å². The molecule has 25 heavy (non-hydrogen) atoms. The third-order valence-corrected chi connectivity index (χ3v) is 4.40. The van der Waals surface area contributed by atoms with Crippen molar-refractivity contribution in [2.24, 2.45) is 0 Å². The summed E-state index contributed by atoms with van der Waals surface area (Å²) < 4.78 is 11.1. The zero-order chi connectivity index (χ0) is 18.4. The summed E-state index contributed by atoms with van der Waals surface area (Å²) in [6.45, 7) is -0.161. The van der Waals surface area contributed by atoms with Crippen LogP contribution in [0.4, 0.5) is 5.69 Å². The van der Waals surface area contributed by atoms with Crippen LogP contribution in [0.25, 0.3) is 0 Å². The van der Waals surface area contributed by atoms with E-state index in [2.05, 4.69) is 10.6 Å². The number of nitrogens with one attached hydrogen (secondary N) is 2. The third-order valence-electron chi connectivity index (χ3n) is 3.26. The normalized spacial score (nSPS) is 10.1. The second-order valence-electron chi connectivity index (χ2n) is 4.92. The Morgan fingerprint density at radius 3 is 2.28 bits per heavy atom. The Labute approximate surface area is 164 Å². The molecule has 132 valence electrons. The van der Waals surface area contributed by atoms with E-state index in [0.29, 0.717) is 31.3 Å². The van der Waals surface area contributed by atoms with Gasteiger partial charge in [0.1, 0.15) is 0 Å². The topological polar surface area (TPSA) is 76.7 Å². The highest BCUT2D eigenvalue weighted by Crippen LogP contribution is 2.31. The van der Waals surface area contributed by atoms with Gasteiger partial charge in [-0.2, -0.15) is 0 Å². The van der Waals surface area contributed by atoms with Crippen LogP contribution in [0.3, 0.4) is 0 Å². The van der Waals surface area contributed by atoms with E-state index in [9.17, 15) is 9.59 Å². The molecule has 2 amide bonds. The lowest BCUT2D eigenvalue weighted by atomic mass is 10.2. The molecule has 6 nitrogen and oxygen atoms in total. The van der Waals surface area contributed by atoms with E-state index in [-0.39, 0.29) is 18.4 Å². The first kappa shape index (κ1) is 19.3. The molecule has 0 saturated heterocycles. The second kappa shape index (κ2) is 8.91. The van der Waals surface area contributed by atoms with Crippen LogP contribution in [-0.4, -0.2) is 32.6 Å². The van der Waals surface area contributed by atoms with Crippen LogP contribution in [0.15, 0.2) is 36.4 Å². The summed E-state index contributed by atoms with van der Waals surface area (Å²) in [6, 6.07) is 9.97. The van der Waals surface area contributed by atoms with Gasteiger partial charge in [-0.25, -0.2) is 0 Å². The Morgan fingerprint density at radius 2 is 1.68 bits per heavy atom. The van der Waals surface area contributed by atoms with Gasteiger partial charge in [0.05, 0.1) is 26.3 Å². The van der Waals surface area contributed by atoms with Crippen LogP contribution in [0.2, 0.25) is 5.02 Å². The van der Waals surface area contributed by atoms with Gasteiger partial charge in [-0.1, -0.05) is 11.6 Å². The fourth-order valence-corrected chi connectivity index (χ4v) is 2.83. The molecule has 0 spiro atoms. The molecule has 0 unspecified atom stereocenters. The number of hydrogen-bond donors (Lipinski definition) is 2. The maximum absolute atomic E-state index is 12.3. The highest BCUT2D eigenvalue weighted by Gasteiger charge is 2.16. The summed E-state index contributed by atoms with van der Waals surface area (Å²) in [5.74, 6) is 0.255. The lowest BCUT2D eigenvalue weighted by Gasteiger charge is -2.12. The molecule has 0 aliphatic carbocycles. The Bertz CT molecular complexity index is 781. The largest absolute Gasteiger partial charge is 0.493 e. The van der Waals surface area contributed by atoms with Crippen LogP contribution in [0.1, 0.15) is 10.4 Å². The second-order valence-corrected chi connectivity index (χ2v) is 6.52. The molecular formula is C17H16ClIN2O4. The van der Waals surface area contributed by atoms with Gasteiger partial charge < -0.3 is 20.1 Å². The van der Waals surface area contributed by atoms with E-state index in [0.717, 1.165) is 0 Å². The van der Waals surface area contributed by atoms with Gasteiger partial charge in [0.2, 0.25) is 5.91 Å². The van der Waals surface area contributed by atoms with Crippen molar-refractivity contribution >= 4 is 51.7 Å². The first-order valence-corrected chi connectivity index (χ1v) is 8.65. The molecule has 2 N–H and O–H groups in total. The van der Waals surface area contributed by atoms with Crippen LogP contribution in [-0.2, 0) is 4.79 Å². The fraction of sp³-hybridized carbons (Fsp3) is 0.176. The Morgan fingerprint density at radius 1 is 1.08 bits per heavy atom. The summed E-state index contributed by atoms with van der Waals surface area (Å²) in [4.78, 5) is 24.3. The average Bonchev–Trinajstić information content (AvgIpc) is 2.61. The summed E-state index contributed by atoms with van der Waals surface area (Å²) in [5.41, 5.74) is 1.00. The van der Waals surface area contributed by atoms with Crippen molar-refractivity contribution in [2.75, 3.05) is 26.1 Å². The highest BCUT2D eigenvalue weighted by molar-refractivity contribution is 14.1. The molecule has 2 aromatic carbocycles. The quantitative estimate of drug-likeness (QED) is 0.630. The zero-order valence-electron chi connectivity index (χ0n) is 13.6. The number of halogens is 2. The van der Waals surface area contributed by atoms with Crippen molar-refractivity contribution in [1.82, 2.24) is 5.32 Å². The summed E-state index contributed by atoms with van der Waals surface area (Å²) in [5, 5.41) is 5.83. The highest BCUT2D eigenvalue weighted by atomic mass is 127. The van der Waals surface area contributed by atoms with Crippen LogP contribution < -0.4 is 20.1 Å². The molecule has 2 aromatic rings. The van der Waals surface area contributed by atoms with Crippen LogP contribution >= 0.6 is 34.2 Å². The van der Waals surface area contributed by atoms with Crippen LogP contribution in [0.5, 0.6) is 11.5 Å². The molecule has 0 aromatic heterocycles. The van der Waals surface area contributed by atoms with E-state index in [1.807, 2.05) is 22.6 Å². The summed E-state index contributed by atoms with van der Waals surface area (Å²) in [6.07, 6.45) is 0. The summed E-state index contributed by atoms with van der Waals surface area (Å²) >= 11 is 7.82. The summed E-state index contributed by atoms with van der Waals surface area (Å²) in [7, 11) is 3.01. The molecule has 2 rings (SSSR count). The average molecular weight is 475 g/mol. The van der Waals surface area contributed by atoms with E-state index < -0.39 is 0 Å². The van der Waals surface area contributed by atoms with E-state index >= 15 is 0 Å². The minimum atomic E-state index is -0.378. The number of ether oxygens (including phenoxy) is 2. The molecule has 0 aliphatic heterocycles. The minimum Gasteiger partial charge on any atom is -0.493 e. The molecule has 0 bridgehead atoms. The Balaban J connectivity index is 2.00. The number of carbonyl (C=O) groups is 2. The number of hydrogen-bond acceptors (Lipinski definition) is 4. The monoisotopic (exact) mass is 474 g/mol. The van der Waals surface area contributed by atoms with Gasteiger partial charge >= 0.3 is 0 Å². The first-order chi connectivity index (χ1) is 11.9. The van der Waals surface area contributed by atoms with Crippen molar-refractivity contribution in [3.63, 3.8) is 0 Å². The van der Waals surface area contributed by atoms with Crippen molar-refractivity contribution in [3.8, 4) is 11.5 Å². The van der Waals surface area contributed by atoms with E-state index in [4.69, 9.17) is 21.1 Å². The molecule has 0 atom stereocenters. The third kappa shape index (κ3) is 5.23. The first-order valence-electron chi connectivity index (χ1n) is 7.19. The smallest absolute Gasteiger partial charge is 0.252 e. The zero-order valence-corrected chi connectivity index (χ0v) is 16.5. The van der Waals surface area contributed by atoms with Crippen molar-refractivity contribution in [2.45, 2.75) is 0 Å². The SMILES string of the molecule is COc1cc(I)c(C(=O)NCC(=O)Nc2ccc(Cl)cc2)cc1OC. The fourth-order valence-electron chi connectivity index (χ4n) is 2.02. The van der Waals surface area contributed by atoms with E-state index in [1.165, 1.54) is 14.2 Å². The molecule has 0 saturated carbocycles. The lowest BCUT2D eigenvalue weighted by Crippen LogP contribution is -2.33.